The SMILES string of the molecule is Cc1cc(N2CCN(CC(=O)Nc3ccccc3Cl)CC2)n2c(nc3ccccc32)c1C#N. The molecule has 0 bridgehead atoms. The predicted octanol–water partition coefficient (Wildman–Crippen LogP) is 4.08. The van der Waals surface area contributed by atoms with Crippen molar-refractivity contribution in [2.45, 2.75) is 6.92 Å². The Morgan fingerprint density at radius 2 is 1.85 bits per heavy atom. The van der Waals surface area contributed by atoms with Gasteiger partial charge in [-0.1, -0.05) is 35.9 Å². The Morgan fingerprint density at radius 3 is 2.61 bits per heavy atom. The summed E-state index contributed by atoms with van der Waals surface area (Å²) in [5.74, 6) is 0.948. The van der Waals surface area contributed by atoms with Gasteiger partial charge in [0.2, 0.25) is 5.91 Å². The Balaban J connectivity index is 1.35. The second-order valence-electron chi connectivity index (χ2n) is 8.22. The van der Waals surface area contributed by atoms with Gasteiger partial charge in [0.15, 0.2) is 5.65 Å². The standard InChI is InChI=1S/C25H23ClN6O/c1-17-14-24(32-22-9-5-4-8-21(22)29-25(32)18(17)15-27)31-12-10-30(11-13-31)16-23(33)28-20-7-3-2-6-19(20)26/h2-9,14H,10-13,16H2,1H3,(H,28,33). The number of aryl methyl sites for hydroxylation is 1. The molecule has 0 atom stereocenters. The Morgan fingerprint density at radius 1 is 1.12 bits per heavy atom. The number of para-hydroxylation sites is 3. The van der Waals surface area contributed by atoms with Crippen molar-refractivity contribution in [1.82, 2.24) is 14.3 Å². The van der Waals surface area contributed by atoms with E-state index in [1.54, 1.807) is 12.1 Å². The number of halogens is 1. The summed E-state index contributed by atoms with van der Waals surface area (Å²) in [5, 5.41) is 13.1. The molecule has 166 valence electrons. The number of fused-ring (bicyclic) bond motifs is 3. The van der Waals surface area contributed by atoms with Crippen LogP contribution in [-0.4, -0.2) is 52.9 Å². The fourth-order valence-corrected chi connectivity index (χ4v) is 4.58. The zero-order valence-electron chi connectivity index (χ0n) is 18.3. The van der Waals surface area contributed by atoms with Crippen LogP contribution in [0.5, 0.6) is 0 Å². The molecule has 1 aliphatic rings. The molecular weight excluding hydrogens is 436 g/mol. The molecule has 2 aromatic heterocycles. The van der Waals surface area contributed by atoms with Crippen molar-refractivity contribution in [3.05, 3.63) is 70.7 Å². The monoisotopic (exact) mass is 458 g/mol. The lowest BCUT2D eigenvalue weighted by Gasteiger charge is -2.36. The maximum absolute atomic E-state index is 12.5. The molecule has 0 saturated carbocycles. The first-order valence-corrected chi connectivity index (χ1v) is 11.3. The van der Waals surface area contributed by atoms with Gasteiger partial charge in [-0.05, 0) is 42.8 Å². The van der Waals surface area contributed by atoms with E-state index in [4.69, 9.17) is 16.6 Å². The number of anilines is 2. The molecule has 5 rings (SSSR count). The van der Waals surface area contributed by atoms with Crippen LogP contribution in [0.25, 0.3) is 16.7 Å². The fraction of sp³-hybridized carbons (Fsp3) is 0.240. The first-order valence-electron chi connectivity index (χ1n) is 10.9. The van der Waals surface area contributed by atoms with Gasteiger partial charge in [0.05, 0.1) is 33.9 Å². The highest BCUT2D eigenvalue weighted by atomic mass is 35.5. The van der Waals surface area contributed by atoms with Crippen LogP contribution in [0.3, 0.4) is 0 Å². The van der Waals surface area contributed by atoms with Crippen LogP contribution in [-0.2, 0) is 4.79 Å². The van der Waals surface area contributed by atoms with E-state index in [0.717, 1.165) is 48.6 Å². The summed E-state index contributed by atoms with van der Waals surface area (Å²) >= 11 is 6.15. The predicted molar refractivity (Wildman–Crippen MR) is 131 cm³/mol. The van der Waals surface area contributed by atoms with E-state index in [1.165, 1.54) is 0 Å². The summed E-state index contributed by atoms with van der Waals surface area (Å²) < 4.78 is 2.08. The van der Waals surface area contributed by atoms with E-state index in [2.05, 4.69) is 31.7 Å². The number of nitrogens with one attached hydrogen (secondary N) is 1. The summed E-state index contributed by atoms with van der Waals surface area (Å²) in [6.07, 6.45) is 0. The van der Waals surface area contributed by atoms with Crippen LogP contribution in [0.4, 0.5) is 11.5 Å². The number of benzene rings is 2. The Hall–Kier alpha value is -3.60. The van der Waals surface area contributed by atoms with Crippen LogP contribution in [0.1, 0.15) is 11.1 Å². The third-order valence-corrected chi connectivity index (χ3v) is 6.41. The molecular formula is C25H23ClN6O. The van der Waals surface area contributed by atoms with E-state index in [-0.39, 0.29) is 5.91 Å². The van der Waals surface area contributed by atoms with Crippen LogP contribution < -0.4 is 10.2 Å². The molecule has 0 radical (unpaired) electrons. The quantitative estimate of drug-likeness (QED) is 0.498. The number of rotatable bonds is 4. The molecule has 1 saturated heterocycles. The zero-order valence-corrected chi connectivity index (χ0v) is 19.0. The molecule has 8 heteroatoms. The number of nitrogens with zero attached hydrogens (tertiary/aromatic N) is 5. The van der Waals surface area contributed by atoms with Gasteiger partial charge >= 0.3 is 0 Å². The molecule has 0 aliphatic carbocycles. The van der Waals surface area contributed by atoms with E-state index >= 15 is 0 Å². The second kappa shape index (κ2) is 8.74. The Kier molecular flexibility index (Phi) is 5.63. The number of imidazole rings is 1. The van der Waals surface area contributed by atoms with Crippen molar-refractivity contribution in [3.63, 3.8) is 0 Å². The molecule has 2 aromatic carbocycles. The lowest BCUT2D eigenvalue weighted by molar-refractivity contribution is -0.117. The number of piperazine rings is 1. The van der Waals surface area contributed by atoms with Crippen molar-refractivity contribution >= 4 is 45.7 Å². The van der Waals surface area contributed by atoms with E-state index in [0.29, 0.717) is 28.5 Å². The molecule has 1 amide bonds. The average Bonchev–Trinajstić information content (AvgIpc) is 3.20. The van der Waals surface area contributed by atoms with Gasteiger partial charge in [-0.3, -0.25) is 14.1 Å². The number of pyridine rings is 1. The fourth-order valence-electron chi connectivity index (χ4n) is 4.39. The number of hydrogen-bond donors (Lipinski definition) is 1. The van der Waals surface area contributed by atoms with Gasteiger partial charge in [0.1, 0.15) is 11.9 Å². The maximum atomic E-state index is 12.5. The first kappa shape index (κ1) is 21.3. The molecule has 7 nitrogen and oxygen atoms in total. The van der Waals surface area contributed by atoms with E-state index in [9.17, 15) is 10.1 Å². The summed E-state index contributed by atoms with van der Waals surface area (Å²) in [4.78, 5) is 21.7. The van der Waals surface area contributed by atoms with Crippen molar-refractivity contribution in [1.29, 1.82) is 5.26 Å². The smallest absolute Gasteiger partial charge is 0.238 e. The molecule has 1 aliphatic heterocycles. The number of carbonyl (C=O) groups excluding carboxylic acids is 1. The molecule has 0 unspecified atom stereocenters. The third kappa shape index (κ3) is 3.99. The minimum absolute atomic E-state index is 0.0752. The van der Waals surface area contributed by atoms with Crippen LogP contribution in [0, 0.1) is 18.3 Å². The number of amides is 1. The van der Waals surface area contributed by atoms with Crippen LogP contribution >= 0.6 is 11.6 Å². The minimum Gasteiger partial charge on any atom is -0.355 e. The first-order chi connectivity index (χ1) is 16.0. The second-order valence-corrected chi connectivity index (χ2v) is 8.63. The maximum Gasteiger partial charge on any atom is 0.238 e. The highest BCUT2D eigenvalue weighted by Crippen LogP contribution is 2.29. The van der Waals surface area contributed by atoms with Gasteiger partial charge in [-0.15, -0.1) is 0 Å². The number of hydrogen-bond acceptors (Lipinski definition) is 5. The van der Waals surface area contributed by atoms with Gasteiger partial charge in [0, 0.05) is 26.2 Å². The minimum atomic E-state index is -0.0752. The van der Waals surface area contributed by atoms with Gasteiger partial charge in [-0.2, -0.15) is 5.26 Å². The number of carbonyl (C=O) groups is 1. The van der Waals surface area contributed by atoms with Crippen molar-refractivity contribution < 1.29 is 4.79 Å². The summed E-state index contributed by atoms with van der Waals surface area (Å²) in [6, 6.07) is 19.6. The molecule has 4 aromatic rings. The van der Waals surface area contributed by atoms with E-state index in [1.807, 2.05) is 43.3 Å². The lowest BCUT2D eigenvalue weighted by Crippen LogP contribution is -2.49. The Labute approximate surface area is 196 Å². The van der Waals surface area contributed by atoms with Crippen molar-refractivity contribution in [2.75, 3.05) is 42.9 Å². The number of aromatic nitrogens is 2. The Bertz CT molecular complexity index is 1400. The zero-order chi connectivity index (χ0) is 22.9. The van der Waals surface area contributed by atoms with Gasteiger partial charge in [-0.25, -0.2) is 4.98 Å². The third-order valence-electron chi connectivity index (χ3n) is 6.08. The van der Waals surface area contributed by atoms with Crippen molar-refractivity contribution in [3.8, 4) is 6.07 Å². The molecule has 1 fully saturated rings. The van der Waals surface area contributed by atoms with Crippen LogP contribution in [0.2, 0.25) is 5.02 Å². The van der Waals surface area contributed by atoms with Gasteiger partial charge in [0.25, 0.3) is 0 Å². The average molecular weight is 459 g/mol. The molecule has 1 N–H and O–H groups in total. The molecule has 3 heterocycles. The lowest BCUT2D eigenvalue weighted by atomic mass is 10.1. The topological polar surface area (TPSA) is 76.7 Å². The number of nitriles is 1. The summed E-state index contributed by atoms with van der Waals surface area (Å²) in [5.41, 5.74) is 4.69. The van der Waals surface area contributed by atoms with E-state index < -0.39 is 0 Å². The summed E-state index contributed by atoms with van der Waals surface area (Å²) in [6.45, 7) is 5.32. The summed E-state index contributed by atoms with van der Waals surface area (Å²) in [7, 11) is 0. The molecule has 0 spiro atoms. The van der Waals surface area contributed by atoms with Crippen molar-refractivity contribution in [2.24, 2.45) is 0 Å². The van der Waals surface area contributed by atoms with Crippen LogP contribution in [0.15, 0.2) is 54.6 Å². The highest BCUT2D eigenvalue weighted by molar-refractivity contribution is 6.33. The largest absolute Gasteiger partial charge is 0.355 e. The normalized spacial score (nSPS) is 14.5. The molecule has 33 heavy (non-hydrogen) atoms. The van der Waals surface area contributed by atoms with Gasteiger partial charge < -0.3 is 10.2 Å². The highest BCUT2D eigenvalue weighted by Gasteiger charge is 2.23.